The first-order chi connectivity index (χ1) is 9.49. The molecule has 0 radical (unpaired) electrons. The first-order valence-corrected chi connectivity index (χ1v) is 7.36. The molecule has 1 aromatic carbocycles. The summed E-state index contributed by atoms with van der Waals surface area (Å²) in [6, 6.07) is 6.23. The number of carbonyl (C=O) groups is 2. The minimum atomic E-state index is -0.835. The maximum absolute atomic E-state index is 13.3. The first-order valence-electron chi connectivity index (χ1n) is 6.37. The van der Waals surface area contributed by atoms with Crippen molar-refractivity contribution in [2.45, 2.75) is 37.1 Å². The molecule has 0 aliphatic heterocycles. The predicted molar refractivity (Wildman–Crippen MR) is 76.2 cm³/mol. The summed E-state index contributed by atoms with van der Waals surface area (Å²) in [6.45, 7) is 1.83. The molecule has 0 aliphatic carbocycles. The monoisotopic (exact) mass is 299 g/mol. The van der Waals surface area contributed by atoms with E-state index in [2.05, 4.69) is 5.32 Å². The number of hydrogen-bond acceptors (Lipinski definition) is 3. The van der Waals surface area contributed by atoms with Crippen LogP contribution < -0.4 is 5.32 Å². The van der Waals surface area contributed by atoms with Crippen LogP contribution in [0.2, 0.25) is 0 Å². The molecular formula is C14H18FNO3S. The molecule has 0 aromatic heterocycles. The number of rotatable bonds is 8. The van der Waals surface area contributed by atoms with Crippen LogP contribution in [-0.4, -0.2) is 28.8 Å². The number of carboxylic acids is 1. The van der Waals surface area contributed by atoms with Gasteiger partial charge in [0, 0.05) is 17.4 Å². The number of benzene rings is 1. The zero-order valence-electron chi connectivity index (χ0n) is 11.3. The van der Waals surface area contributed by atoms with Gasteiger partial charge in [-0.1, -0.05) is 12.1 Å². The average Bonchev–Trinajstić information content (AvgIpc) is 2.37. The highest BCUT2D eigenvalue weighted by atomic mass is 32.2. The van der Waals surface area contributed by atoms with Gasteiger partial charge >= 0.3 is 5.97 Å². The highest BCUT2D eigenvalue weighted by molar-refractivity contribution is 8.00. The van der Waals surface area contributed by atoms with Gasteiger partial charge in [0.05, 0.1) is 5.75 Å². The molecule has 1 amide bonds. The number of halogens is 1. The number of thioether (sulfide) groups is 1. The van der Waals surface area contributed by atoms with E-state index in [0.29, 0.717) is 17.7 Å². The fraction of sp³-hybridized carbons (Fsp3) is 0.429. The summed E-state index contributed by atoms with van der Waals surface area (Å²) < 4.78 is 13.3. The van der Waals surface area contributed by atoms with Crippen LogP contribution in [0.25, 0.3) is 0 Å². The summed E-state index contributed by atoms with van der Waals surface area (Å²) in [7, 11) is 0. The van der Waals surface area contributed by atoms with E-state index in [1.54, 1.807) is 18.2 Å². The molecule has 4 nitrogen and oxygen atoms in total. The van der Waals surface area contributed by atoms with Crippen LogP contribution >= 0.6 is 11.8 Å². The van der Waals surface area contributed by atoms with Gasteiger partial charge in [-0.15, -0.1) is 11.8 Å². The van der Waals surface area contributed by atoms with Gasteiger partial charge < -0.3 is 10.4 Å². The molecule has 1 rings (SSSR count). The molecule has 1 atom stereocenters. The zero-order chi connectivity index (χ0) is 15.0. The molecule has 0 aliphatic rings. The molecule has 0 spiro atoms. The molecule has 0 fully saturated rings. The van der Waals surface area contributed by atoms with Crippen LogP contribution in [0, 0.1) is 5.82 Å². The van der Waals surface area contributed by atoms with Gasteiger partial charge in [0.1, 0.15) is 5.82 Å². The van der Waals surface area contributed by atoms with Gasteiger partial charge in [-0.2, -0.15) is 0 Å². The Labute approximate surface area is 121 Å². The van der Waals surface area contributed by atoms with Crippen LogP contribution in [0.5, 0.6) is 0 Å². The van der Waals surface area contributed by atoms with Crippen molar-refractivity contribution in [1.29, 1.82) is 0 Å². The lowest BCUT2D eigenvalue weighted by Gasteiger charge is -2.13. The molecule has 0 heterocycles. The predicted octanol–water partition coefficient (Wildman–Crippen LogP) is 2.68. The quantitative estimate of drug-likeness (QED) is 0.724. The lowest BCUT2D eigenvalue weighted by Crippen LogP contribution is -2.33. The van der Waals surface area contributed by atoms with Crippen molar-refractivity contribution < 1.29 is 19.1 Å². The summed E-state index contributed by atoms with van der Waals surface area (Å²) in [6.07, 6.45) is 1.24. The molecule has 1 aromatic rings. The molecular weight excluding hydrogens is 281 g/mol. The SMILES string of the molecule is CC(CCCC(=O)O)NC(=O)CSc1ccccc1F. The van der Waals surface area contributed by atoms with Gasteiger partial charge in [-0.25, -0.2) is 4.39 Å². The zero-order valence-corrected chi connectivity index (χ0v) is 12.1. The lowest BCUT2D eigenvalue weighted by molar-refractivity contribution is -0.137. The Bertz CT molecular complexity index is 467. The Morgan fingerprint density at radius 3 is 2.75 bits per heavy atom. The molecule has 0 saturated heterocycles. The van der Waals surface area contributed by atoms with Gasteiger partial charge in [0.2, 0.25) is 5.91 Å². The van der Waals surface area contributed by atoms with Crippen molar-refractivity contribution in [1.82, 2.24) is 5.32 Å². The number of carbonyl (C=O) groups excluding carboxylic acids is 1. The lowest BCUT2D eigenvalue weighted by atomic mass is 10.1. The number of aliphatic carboxylic acids is 1. The Hall–Kier alpha value is -1.56. The molecule has 0 saturated carbocycles. The topological polar surface area (TPSA) is 66.4 Å². The fourth-order valence-electron chi connectivity index (χ4n) is 1.65. The Kier molecular flexibility index (Phi) is 7.08. The number of carboxylic acid groups (broad SMARTS) is 1. The Morgan fingerprint density at radius 1 is 1.40 bits per heavy atom. The van der Waals surface area contributed by atoms with Gasteiger partial charge in [-0.05, 0) is 31.9 Å². The van der Waals surface area contributed by atoms with E-state index in [0.717, 1.165) is 11.8 Å². The van der Waals surface area contributed by atoms with E-state index in [1.807, 2.05) is 6.92 Å². The largest absolute Gasteiger partial charge is 0.481 e. The van der Waals surface area contributed by atoms with Crippen molar-refractivity contribution in [3.63, 3.8) is 0 Å². The second-order valence-electron chi connectivity index (χ2n) is 4.47. The fourth-order valence-corrected chi connectivity index (χ4v) is 2.40. The van der Waals surface area contributed by atoms with E-state index in [-0.39, 0.29) is 29.9 Å². The van der Waals surface area contributed by atoms with Crippen molar-refractivity contribution in [2.24, 2.45) is 0 Å². The summed E-state index contributed by atoms with van der Waals surface area (Å²) in [5.41, 5.74) is 0. The normalized spacial score (nSPS) is 11.9. The molecule has 2 N–H and O–H groups in total. The average molecular weight is 299 g/mol. The maximum atomic E-state index is 13.3. The second kappa shape index (κ2) is 8.58. The van der Waals surface area contributed by atoms with Crippen molar-refractivity contribution in [3.8, 4) is 0 Å². The standard InChI is InChI=1S/C14H18FNO3S/c1-10(5-4-8-14(18)19)16-13(17)9-20-12-7-3-2-6-11(12)15/h2-3,6-7,10H,4-5,8-9H2,1H3,(H,16,17)(H,18,19). The van der Waals surface area contributed by atoms with Crippen molar-refractivity contribution in [2.75, 3.05) is 5.75 Å². The van der Waals surface area contributed by atoms with Crippen LogP contribution in [0.1, 0.15) is 26.2 Å². The number of amides is 1. The van der Waals surface area contributed by atoms with E-state index in [4.69, 9.17) is 5.11 Å². The second-order valence-corrected chi connectivity index (χ2v) is 5.49. The van der Waals surface area contributed by atoms with Crippen LogP contribution in [0.15, 0.2) is 29.2 Å². The molecule has 6 heteroatoms. The summed E-state index contributed by atoms with van der Waals surface area (Å²) in [5.74, 6) is -1.20. The Morgan fingerprint density at radius 2 is 2.10 bits per heavy atom. The minimum Gasteiger partial charge on any atom is -0.481 e. The van der Waals surface area contributed by atoms with Crippen LogP contribution in [-0.2, 0) is 9.59 Å². The van der Waals surface area contributed by atoms with E-state index in [9.17, 15) is 14.0 Å². The molecule has 110 valence electrons. The molecule has 20 heavy (non-hydrogen) atoms. The van der Waals surface area contributed by atoms with Crippen LogP contribution in [0.3, 0.4) is 0 Å². The van der Waals surface area contributed by atoms with E-state index >= 15 is 0 Å². The van der Waals surface area contributed by atoms with Gasteiger partial charge in [0.15, 0.2) is 0 Å². The third kappa shape index (κ3) is 6.56. The van der Waals surface area contributed by atoms with Gasteiger partial charge in [0.25, 0.3) is 0 Å². The van der Waals surface area contributed by atoms with Crippen molar-refractivity contribution >= 4 is 23.6 Å². The van der Waals surface area contributed by atoms with E-state index in [1.165, 1.54) is 6.07 Å². The number of nitrogens with one attached hydrogen (secondary N) is 1. The van der Waals surface area contributed by atoms with E-state index < -0.39 is 5.97 Å². The van der Waals surface area contributed by atoms with Gasteiger partial charge in [-0.3, -0.25) is 9.59 Å². The number of hydrogen-bond donors (Lipinski definition) is 2. The molecule has 0 bridgehead atoms. The summed E-state index contributed by atoms with van der Waals surface area (Å²) in [5, 5.41) is 11.3. The summed E-state index contributed by atoms with van der Waals surface area (Å²) in [4.78, 5) is 22.5. The summed E-state index contributed by atoms with van der Waals surface area (Å²) >= 11 is 1.14. The molecule has 1 unspecified atom stereocenters. The minimum absolute atomic E-state index is 0.0805. The highest BCUT2D eigenvalue weighted by Crippen LogP contribution is 2.20. The maximum Gasteiger partial charge on any atom is 0.303 e. The first kappa shape index (κ1) is 16.5. The highest BCUT2D eigenvalue weighted by Gasteiger charge is 2.10. The van der Waals surface area contributed by atoms with Crippen LogP contribution in [0.4, 0.5) is 4.39 Å². The Balaban J connectivity index is 2.26. The third-order valence-electron chi connectivity index (χ3n) is 2.63. The smallest absolute Gasteiger partial charge is 0.303 e. The van der Waals surface area contributed by atoms with Crippen molar-refractivity contribution in [3.05, 3.63) is 30.1 Å². The third-order valence-corrected chi connectivity index (χ3v) is 3.68.